The number of carbonyl (C=O) groups is 7. The minimum Gasteiger partial charge on any atom is -0.481 e. The number of carbonyl (C=O) groups excluding carboxylic acids is 6. The van der Waals surface area contributed by atoms with Crippen LogP contribution in [0.5, 0.6) is 5.75 Å². The number of amides is 2. The zero-order chi connectivity index (χ0) is 107. The van der Waals surface area contributed by atoms with Gasteiger partial charge in [-0.2, -0.15) is 0 Å². The molecule has 2 saturated carbocycles. The second kappa shape index (κ2) is 77.7. The van der Waals surface area contributed by atoms with E-state index >= 15 is 0 Å². The second-order valence-corrected chi connectivity index (χ2v) is 36.4. The first kappa shape index (κ1) is 133. The van der Waals surface area contributed by atoms with Crippen molar-refractivity contribution in [1.29, 1.82) is 0 Å². The molecule has 1 heterocycles. The number of benzene rings is 3. The van der Waals surface area contributed by atoms with Crippen LogP contribution in [0.15, 0.2) is 134 Å². The van der Waals surface area contributed by atoms with Gasteiger partial charge in [-0.25, -0.2) is 0 Å². The molecule has 2 bridgehead atoms. The van der Waals surface area contributed by atoms with E-state index in [0.29, 0.717) is 128 Å². The summed E-state index contributed by atoms with van der Waals surface area (Å²) in [4.78, 5) is 156. The van der Waals surface area contributed by atoms with Crippen molar-refractivity contribution >= 4 is 54.5 Å². The summed E-state index contributed by atoms with van der Waals surface area (Å²) < 4.78 is 33.6. The minimum absolute atomic E-state index is 0. The van der Waals surface area contributed by atoms with Crippen molar-refractivity contribution < 1.29 is 142 Å². The number of rotatable bonds is 58. The summed E-state index contributed by atoms with van der Waals surface area (Å²) in [7, 11) is -0.108. The maximum atomic E-state index is 12.6. The Hall–Kier alpha value is -11.9. The molecule has 15 atom stereocenters. The van der Waals surface area contributed by atoms with E-state index in [1.54, 1.807) is 41.5 Å². The molecule has 8 N–H and O–H groups in total. The molecule has 0 radical (unpaired) electrons. The Bertz CT molecular complexity index is 4210. The number of carboxylic acid groups (broad SMARTS) is 1. The van der Waals surface area contributed by atoms with E-state index in [9.17, 15) is 99.5 Å². The molecule has 2 aliphatic carbocycles. The summed E-state index contributed by atoms with van der Waals surface area (Å²) in [6, 6.07) is 25.3. The first-order valence-corrected chi connectivity index (χ1v) is 48.6. The highest BCUT2D eigenvalue weighted by molar-refractivity contribution is 6.44. The summed E-state index contributed by atoms with van der Waals surface area (Å²) in [5.41, 5.74) is 1.38. The van der Waals surface area contributed by atoms with Crippen LogP contribution in [0.1, 0.15) is 294 Å². The first-order chi connectivity index (χ1) is 66.9. The van der Waals surface area contributed by atoms with Crippen LogP contribution < -0.4 is 15.4 Å². The molecule has 3 aliphatic rings. The zero-order valence-corrected chi connectivity index (χ0v) is 85.7. The molecule has 43 nitrogen and oxygen atoms in total. The van der Waals surface area contributed by atoms with Crippen LogP contribution in [0.4, 0.5) is 5.69 Å². The lowest BCUT2D eigenvalue weighted by molar-refractivity contribution is -0.767. The number of nitro groups is 1. The summed E-state index contributed by atoms with van der Waals surface area (Å²) in [6.45, 7) is 26.2. The number of carboxylic acids is 1. The van der Waals surface area contributed by atoms with Gasteiger partial charge in [0, 0.05) is 94.5 Å². The molecular formula is C99H158BN8O35-. The lowest BCUT2D eigenvalue weighted by atomic mass is 9.80. The molecule has 2 amide bonds. The van der Waals surface area contributed by atoms with Crippen LogP contribution >= 0.6 is 0 Å². The van der Waals surface area contributed by atoms with E-state index in [-0.39, 0.29) is 118 Å². The number of nitro benzene ring substituents is 1. The number of aliphatic hydroxyl groups is 4. The Labute approximate surface area is 839 Å². The topological polar surface area (TPSA) is 616 Å². The number of hydrogen-bond acceptors (Lipinski definition) is 33. The van der Waals surface area contributed by atoms with Gasteiger partial charge < -0.3 is 96.4 Å². The van der Waals surface area contributed by atoms with E-state index < -0.39 is 108 Å². The van der Waals surface area contributed by atoms with Crippen molar-refractivity contribution in [2.75, 3.05) is 13.1 Å². The van der Waals surface area contributed by atoms with E-state index in [2.05, 4.69) is 67.3 Å². The number of nitrogens with zero attached hydrogens (tertiary/aromatic N) is 6. The average molecular weight is 2030 g/mol. The van der Waals surface area contributed by atoms with Crippen LogP contribution in [0.2, 0.25) is 6.32 Å². The number of fused-ring (bicyclic) bond motifs is 2. The summed E-state index contributed by atoms with van der Waals surface area (Å²) in [5.74, 6) is -1.78. The van der Waals surface area contributed by atoms with Crippen LogP contribution in [-0.2, 0) is 89.3 Å². The highest BCUT2D eigenvalue weighted by atomic mass is 17.0. The predicted octanol–water partition coefficient (Wildman–Crippen LogP) is 17.1. The van der Waals surface area contributed by atoms with E-state index in [4.69, 9.17) is 53.8 Å². The second-order valence-electron chi connectivity index (χ2n) is 36.4. The fraction of sp³-hybridized carbons (Fsp3) is 0.657. The van der Waals surface area contributed by atoms with Gasteiger partial charge in [-0.1, -0.05) is 123 Å². The largest absolute Gasteiger partial charge is 0.481 e. The van der Waals surface area contributed by atoms with Crippen LogP contribution in [0.3, 0.4) is 0 Å². The number of nitrogens with one attached hydrogen (secondary N) is 2. The van der Waals surface area contributed by atoms with E-state index in [1.807, 2.05) is 114 Å². The zero-order valence-electron chi connectivity index (χ0n) is 85.7. The van der Waals surface area contributed by atoms with Crippen molar-refractivity contribution in [3.8, 4) is 5.75 Å². The van der Waals surface area contributed by atoms with Crippen molar-refractivity contribution in [2.24, 2.45) is 23.7 Å². The van der Waals surface area contributed by atoms with Gasteiger partial charge in [0.05, 0.1) is 35.4 Å². The van der Waals surface area contributed by atoms with Crippen molar-refractivity contribution in [3.05, 3.63) is 213 Å². The van der Waals surface area contributed by atoms with Gasteiger partial charge in [-0.05, 0) is 272 Å². The Morgan fingerprint density at radius 1 is 0.483 bits per heavy atom. The summed E-state index contributed by atoms with van der Waals surface area (Å²) >= 11 is 0. The van der Waals surface area contributed by atoms with Gasteiger partial charge in [0.25, 0.3) is 31.1 Å². The first-order valence-electron chi connectivity index (χ1n) is 48.6. The van der Waals surface area contributed by atoms with Crippen LogP contribution in [0.25, 0.3) is 0 Å². The number of allylic oxidation sites excluding steroid dienone is 4. The molecule has 3 aromatic carbocycles. The summed E-state index contributed by atoms with van der Waals surface area (Å²) in [6.07, 6.45) is 30.3. The van der Waals surface area contributed by atoms with Crippen molar-refractivity contribution in [3.63, 3.8) is 0 Å². The normalized spacial score (nSPS) is 18.0. The molecule has 143 heavy (non-hydrogen) atoms. The molecule has 2 unspecified atom stereocenters. The number of aryl methyl sites for hydroxylation is 2. The Morgan fingerprint density at radius 3 is 1.30 bits per heavy atom. The molecule has 44 heteroatoms. The lowest BCUT2D eigenvalue weighted by Gasteiger charge is -2.27. The maximum Gasteiger partial charge on any atom is 0.457 e. The third-order valence-electron chi connectivity index (χ3n) is 21.4. The number of esters is 4. The number of hydrogen-bond donors (Lipinski definition) is 8. The number of non-ortho nitro benzene ring substituents is 1. The molecule has 1 saturated heterocycles. The molecule has 0 aromatic heterocycles. The highest BCUT2D eigenvalue weighted by Crippen LogP contribution is 2.44. The molecule has 3 aromatic rings. The van der Waals surface area contributed by atoms with Crippen LogP contribution in [-0.4, -0.2) is 201 Å². The van der Waals surface area contributed by atoms with Crippen molar-refractivity contribution in [1.82, 2.24) is 10.6 Å². The van der Waals surface area contributed by atoms with Gasteiger partial charge in [0.1, 0.15) is 47.5 Å². The predicted molar refractivity (Wildman–Crippen MR) is 531 cm³/mol. The van der Waals surface area contributed by atoms with Gasteiger partial charge in [-0.15, -0.1) is 50.6 Å². The average Bonchev–Trinajstić information content (AvgIpc) is 1.63. The number of unbranched alkanes of at least 4 members (excludes halogenated alkanes) is 3. The monoisotopic (exact) mass is 2030 g/mol. The standard InChI is InChI=1S/C31H46N2O8.C29H44BNO4.C12H14N2O7.C10H19NO5.C10H20O3.C6H11NO5.CH3.HNO3/c1-3-32-30(36)16-10-5-4-9-15-26-27(29(35)22-28(26)34)21-20-25(19-18-24-13-7-6-8-14-24)40-31(37)17-11-12-23(2)41-33(38)39;1-3-5-21-30-34-27-22-28(35-30)26(20-19-24(32)18-17-23-13-9-8-10-14-23)25(27)15-11-6-7-12-16-29(33)31-4-2;1-9(21-14(18)19)3-2-4-12(15)20-11-7-5-10(6-8-11)13(16)17;1-8(16-11(13)14)6-5-7-9(12)15-10(2,3)4;1-8(11)6-5-7-9(12)13-10(2,3)4;1-5(12-7(10)11)3-2-4-6(8)9;;2-1(3)4/h4,6-9,13-14,20-21,23,25-29,34-35H,3,5,10-12,15-19,22H2,1-2H3,(H,32,36);6,8-11,13-14,19-20,24-28,32H,3-5,7,12,15-18,21-22H2,1-2H3,(H,31,33);5-9H,2-4H2,1H3;8H,5-7H2,1-4H3;8,11H,5-7H2,1-4H3;5H,2-4H2,1H3,(H,8,9);1H3;(H,2,3,4)/q;;;;;;-1;/b9-4-,21-20+;11-6-,20-19+;;;;;;/t23-,25-,26+,27+,28-,29+;24-,25+,26+,27?,28?;9-;2*8-;5-;;/m000000../s1. The minimum atomic E-state index is -1.50. The van der Waals surface area contributed by atoms with E-state index in [0.717, 1.165) is 69.7 Å². The van der Waals surface area contributed by atoms with Gasteiger partial charge in [0.2, 0.25) is 11.8 Å². The Kier molecular flexibility index (Phi) is 72.3. The van der Waals surface area contributed by atoms with Crippen LogP contribution in [0, 0.1) is 91.8 Å². The highest BCUT2D eigenvalue weighted by Gasteiger charge is 2.49. The molecule has 808 valence electrons. The molecule has 6 rings (SSSR count). The third kappa shape index (κ3) is 73.8. The van der Waals surface area contributed by atoms with E-state index in [1.165, 1.54) is 43.7 Å². The third-order valence-corrected chi connectivity index (χ3v) is 21.4. The van der Waals surface area contributed by atoms with Gasteiger partial charge >= 0.3 is 37.0 Å². The molecular weight excluding hydrogens is 1870 g/mol. The number of aliphatic hydroxyl groups excluding tert-OH is 4. The fourth-order valence-electron chi connectivity index (χ4n) is 14.7. The van der Waals surface area contributed by atoms with Crippen molar-refractivity contribution in [2.45, 2.75) is 381 Å². The lowest BCUT2D eigenvalue weighted by Crippen LogP contribution is -2.37. The maximum absolute atomic E-state index is 12.6. The fourth-order valence-corrected chi connectivity index (χ4v) is 14.7. The SMILES string of the molecule is CCCCB1OC2CC(O1)[C@H](C/C=C\CCCC(=O)NCC)[C@H]2/C=C/[C@@H](O)CCc1ccccc1.CCNC(=O)CCC/C=C\C[C@@H]1[C@@H](/C=C/[C@H](CCc2ccccc2)OC(=O)CCC[C@H](C)O[N+](=O)[O-])[C@H](O)C[C@@H]1O.C[C@@H](CCCC(=O)O)O[N+](=O)[O-].C[C@@H](CCCC(=O)OC(C)(C)C)O[N+](=O)[O-].C[C@@H](CCCC(=O)Oc1ccc([N+](=O)[O-])cc1)O[N+](=O)[O-].C[C@H](O)CCCC(=O)OC(C)(C)C.O=[N+]([O-])O.[CH3-]. The van der Waals surface area contributed by atoms with Gasteiger partial charge in [-0.3, -0.25) is 43.7 Å². The number of ether oxygens (including phenoxy) is 4. The molecule has 3 fully saturated rings. The summed E-state index contributed by atoms with van der Waals surface area (Å²) in [5, 5.41) is 116. The Morgan fingerprint density at radius 2 is 0.888 bits per heavy atom. The Balaban J connectivity index is 0. The molecule has 1 aliphatic heterocycles. The smallest absolute Gasteiger partial charge is 0.457 e. The quantitative estimate of drug-likeness (QED) is 0.00299. The van der Waals surface area contributed by atoms with Gasteiger partial charge in [0.15, 0.2) is 0 Å². The number of aliphatic carboxylic acids is 1. The molecule has 0 spiro atoms.